The van der Waals surface area contributed by atoms with Gasteiger partial charge in [-0.1, -0.05) is 26.7 Å². The average Bonchev–Trinajstić information content (AvgIpc) is 2.67. The SMILES string of the molecule is CCCCNC(=O)OC(C)N(Cc1ccncc1)C(C)OC(=O)NCCCC. The first-order valence-electron chi connectivity index (χ1n) is 10.0. The van der Waals surface area contributed by atoms with Gasteiger partial charge in [0.05, 0.1) is 0 Å². The number of unbranched alkanes of at least 4 members (excludes halogenated alkanes) is 2. The second-order valence-corrected chi connectivity index (χ2v) is 6.60. The molecule has 2 atom stereocenters. The molecule has 8 heteroatoms. The molecule has 8 nitrogen and oxygen atoms in total. The number of nitrogens with one attached hydrogen (secondary N) is 2. The molecule has 28 heavy (non-hydrogen) atoms. The Bertz CT molecular complexity index is 541. The fourth-order valence-corrected chi connectivity index (χ4v) is 2.51. The molecule has 0 aromatic carbocycles. The highest BCUT2D eigenvalue weighted by molar-refractivity contribution is 5.67. The van der Waals surface area contributed by atoms with Gasteiger partial charge in [0.25, 0.3) is 0 Å². The third-order valence-corrected chi connectivity index (χ3v) is 4.20. The Kier molecular flexibility index (Phi) is 11.6. The number of aromatic nitrogens is 1. The minimum atomic E-state index is -0.590. The highest BCUT2D eigenvalue weighted by atomic mass is 16.6. The predicted octanol–water partition coefficient (Wildman–Crippen LogP) is 3.63. The maximum absolute atomic E-state index is 12.0. The number of hydrogen-bond donors (Lipinski definition) is 2. The van der Waals surface area contributed by atoms with E-state index in [1.165, 1.54) is 0 Å². The standard InChI is InChI=1S/C20H34N4O4/c1-5-7-11-22-19(25)27-16(3)24(15-18-9-13-21-14-10-18)17(4)28-20(26)23-12-8-6-2/h9-10,13-14,16-17H,5-8,11-12,15H2,1-4H3,(H,22,25)(H,23,26). The van der Waals surface area contributed by atoms with Gasteiger partial charge in [-0.25, -0.2) is 14.5 Å². The van der Waals surface area contributed by atoms with Gasteiger partial charge in [-0.2, -0.15) is 0 Å². The number of carbonyl (C=O) groups excluding carboxylic acids is 2. The largest absolute Gasteiger partial charge is 0.430 e. The summed E-state index contributed by atoms with van der Waals surface area (Å²) in [6.07, 6.45) is 4.99. The molecule has 0 spiro atoms. The molecule has 2 amide bonds. The minimum Gasteiger partial charge on any atom is -0.430 e. The number of carbonyl (C=O) groups is 2. The van der Waals surface area contributed by atoms with Crippen LogP contribution in [0.3, 0.4) is 0 Å². The van der Waals surface area contributed by atoms with E-state index < -0.39 is 24.6 Å². The van der Waals surface area contributed by atoms with Crippen molar-refractivity contribution in [3.8, 4) is 0 Å². The number of hydrogen-bond acceptors (Lipinski definition) is 6. The summed E-state index contributed by atoms with van der Waals surface area (Å²) in [6.45, 7) is 9.20. The summed E-state index contributed by atoms with van der Waals surface area (Å²) in [7, 11) is 0. The van der Waals surface area contributed by atoms with Gasteiger partial charge in [0.1, 0.15) is 0 Å². The number of alkyl carbamates (subject to hydrolysis) is 2. The zero-order valence-corrected chi connectivity index (χ0v) is 17.4. The van der Waals surface area contributed by atoms with E-state index in [0.29, 0.717) is 19.6 Å². The molecule has 1 aromatic rings. The zero-order chi connectivity index (χ0) is 20.8. The van der Waals surface area contributed by atoms with Crippen molar-refractivity contribution in [1.82, 2.24) is 20.5 Å². The lowest BCUT2D eigenvalue weighted by molar-refractivity contribution is -0.0968. The van der Waals surface area contributed by atoms with Crippen LogP contribution in [0.2, 0.25) is 0 Å². The van der Waals surface area contributed by atoms with E-state index in [2.05, 4.69) is 29.5 Å². The van der Waals surface area contributed by atoms with Crippen LogP contribution in [0.1, 0.15) is 58.9 Å². The van der Waals surface area contributed by atoms with E-state index in [-0.39, 0.29) is 0 Å². The van der Waals surface area contributed by atoms with Gasteiger partial charge in [0.2, 0.25) is 0 Å². The van der Waals surface area contributed by atoms with E-state index in [4.69, 9.17) is 9.47 Å². The normalized spacial score (nSPS) is 12.9. The van der Waals surface area contributed by atoms with Crippen molar-refractivity contribution < 1.29 is 19.1 Å². The summed E-state index contributed by atoms with van der Waals surface area (Å²) in [5.41, 5.74) is 0.971. The zero-order valence-electron chi connectivity index (χ0n) is 17.4. The maximum Gasteiger partial charge on any atom is 0.408 e. The van der Waals surface area contributed by atoms with Gasteiger partial charge in [0, 0.05) is 32.0 Å². The lowest BCUT2D eigenvalue weighted by Crippen LogP contribution is -2.46. The first-order chi connectivity index (χ1) is 13.5. The highest BCUT2D eigenvalue weighted by Gasteiger charge is 2.26. The first-order valence-corrected chi connectivity index (χ1v) is 10.0. The Morgan fingerprint density at radius 2 is 1.43 bits per heavy atom. The summed E-state index contributed by atoms with van der Waals surface area (Å²) in [6, 6.07) is 3.74. The molecule has 0 radical (unpaired) electrons. The fraction of sp³-hybridized carbons (Fsp3) is 0.650. The number of nitrogens with zero attached hydrogens (tertiary/aromatic N) is 2. The highest BCUT2D eigenvalue weighted by Crippen LogP contribution is 2.14. The van der Waals surface area contributed by atoms with Crippen LogP contribution in [0.5, 0.6) is 0 Å². The summed E-state index contributed by atoms with van der Waals surface area (Å²) < 4.78 is 11.0. The van der Waals surface area contributed by atoms with Gasteiger partial charge < -0.3 is 20.1 Å². The Balaban J connectivity index is 2.71. The van der Waals surface area contributed by atoms with Crippen molar-refractivity contribution in [2.75, 3.05) is 13.1 Å². The van der Waals surface area contributed by atoms with Gasteiger partial charge in [-0.15, -0.1) is 0 Å². The van der Waals surface area contributed by atoms with E-state index in [1.807, 2.05) is 12.1 Å². The van der Waals surface area contributed by atoms with Crippen LogP contribution < -0.4 is 10.6 Å². The van der Waals surface area contributed by atoms with Crippen molar-refractivity contribution in [3.63, 3.8) is 0 Å². The Morgan fingerprint density at radius 3 is 1.86 bits per heavy atom. The van der Waals surface area contributed by atoms with Gasteiger partial charge in [-0.3, -0.25) is 4.98 Å². The summed E-state index contributed by atoms with van der Waals surface area (Å²) in [5.74, 6) is 0. The second-order valence-electron chi connectivity index (χ2n) is 6.60. The summed E-state index contributed by atoms with van der Waals surface area (Å²) >= 11 is 0. The van der Waals surface area contributed by atoms with Crippen molar-refractivity contribution in [2.24, 2.45) is 0 Å². The molecule has 1 aromatic heterocycles. The van der Waals surface area contributed by atoms with E-state index in [0.717, 1.165) is 31.2 Å². The molecule has 158 valence electrons. The second kappa shape index (κ2) is 13.8. The van der Waals surface area contributed by atoms with Crippen LogP contribution in [0.25, 0.3) is 0 Å². The van der Waals surface area contributed by atoms with Crippen molar-refractivity contribution in [3.05, 3.63) is 30.1 Å². The molecular formula is C20H34N4O4. The third kappa shape index (κ3) is 9.55. The molecule has 0 saturated carbocycles. The monoisotopic (exact) mass is 394 g/mol. The molecule has 1 rings (SSSR count). The number of rotatable bonds is 12. The van der Waals surface area contributed by atoms with Gasteiger partial charge >= 0.3 is 12.2 Å². The minimum absolute atomic E-state index is 0.440. The van der Waals surface area contributed by atoms with Crippen molar-refractivity contribution in [2.45, 2.75) is 72.4 Å². The molecule has 0 aliphatic carbocycles. The lowest BCUT2D eigenvalue weighted by atomic mass is 10.2. The maximum atomic E-state index is 12.0. The molecule has 2 N–H and O–H groups in total. The lowest BCUT2D eigenvalue weighted by Gasteiger charge is -2.33. The van der Waals surface area contributed by atoms with Crippen LogP contribution in [-0.4, -0.2) is 47.6 Å². The topological polar surface area (TPSA) is 92.8 Å². The molecule has 0 saturated heterocycles. The van der Waals surface area contributed by atoms with Crippen LogP contribution >= 0.6 is 0 Å². The number of pyridine rings is 1. The molecular weight excluding hydrogens is 360 g/mol. The molecule has 1 heterocycles. The summed E-state index contributed by atoms with van der Waals surface area (Å²) in [5, 5.41) is 5.46. The molecule has 2 unspecified atom stereocenters. The molecule has 0 fully saturated rings. The molecule has 0 aliphatic heterocycles. The van der Waals surface area contributed by atoms with Crippen molar-refractivity contribution in [1.29, 1.82) is 0 Å². The quantitative estimate of drug-likeness (QED) is 0.415. The van der Waals surface area contributed by atoms with Crippen LogP contribution in [0.15, 0.2) is 24.5 Å². The first kappa shape index (κ1) is 23.7. The van der Waals surface area contributed by atoms with Crippen LogP contribution in [-0.2, 0) is 16.0 Å². The number of amides is 2. The van der Waals surface area contributed by atoms with Gasteiger partial charge in [-0.05, 0) is 44.4 Å². The van der Waals surface area contributed by atoms with Crippen molar-refractivity contribution >= 4 is 12.2 Å². The van der Waals surface area contributed by atoms with Crippen LogP contribution in [0.4, 0.5) is 9.59 Å². The summed E-state index contributed by atoms with van der Waals surface area (Å²) in [4.78, 5) is 29.8. The van der Waals surface area contributed by atoms with Gasteiger partial charge in [0.15, 0.2) is 12.5 Å². The third-order valence-electron chi connectivity index (χ3n) is 4.20. The Labute approximate surface area is 168 Å². The number of ether oxygens (including phenoxy) is 2. The average molecular weight is 395 g/mol. The van der Waals surface area contributed by atoms with E-state index in [9.17, 15) is 9.59 Å². The molecule has 0 aliphatic rings. The smallest absolute Gasteiger partial charge is 0.408 e. The van der Waals surface area contributed by atoms with E-state index >= 15 is 0 Å². The molecule has 0 bridgehead atoms. The predicted molar refractivity (Wildman–Crippen MR) is 107 cm³/mol. The Morgan fingerprint density at radius 1 is 0.964 bits per heavy atom. The fourth-order valence-electron chi connectivity index (χ4n) is 2.51. The van der Waals surface area contributed by atoms with Crippen LogP contribution in [0, 0.1) is 0 Å². The van der Waals surface area contributed by atoms with E-state index in [1.54, 1.807) is 31.1 Å². The Hall–Kier alpha value is -2.35.